The molecule has 300 valence electrons. The first kappa shape index (κ1) is 41.4. The highest BCUT2D eigenvalue weighted by Gasteiger charge is 2.34. The Kier molecular flexibility index (Phi) is 12.8. The van der Waals surface area contributed by atoms with E-state index >= 15 is 0 Å². The molecule has 2 N–H and O–H groups in total. The summed E-state index contributed by atoms with van der Waals surface area (Å²) in [7, 11) is 0. The molecule has 0 radical (unpaired) electrons. The number of benzene rings is 4. The van der Waals surface area contributed by atoms with Gasteiger partial charge in [-0.1, -0.05) is 94.9 Å². The minimum absolute atomic E-state index is 0.0569. The monoisotopic (exact) mass is 866 g/mol. The van der Waals surface area contributed by atoms with Gasteiger partial charge in [-0.25, -0.2) is 4.98 Å². The van der Waals surface area contributed by atoms with Gasteiger partial charge in [0, 0.05) is 67.1 Å². The molecule has 4 heterocycles. The van der Waals surface area contributed by atoms with Gasteiger partial charge in [0.15, 0.2) is 0 Å². The van der Waals surface area contributed by atoms with Crippen LogP contribution >= 0.6 is 46.4 Å². The van der Waals surface area contributed by atoms with E-state index in [1.807, 2.05) is 29.3 Å². The van der Waals surface area contributed by atoms with Crippen molar-refractivity contribution in [2.24, 2.45) is 0 Å². The molecule has 0 atom stereocenters. The van der Waals surface area contributed by atoms with Gasteiger partial charge in [-0.05, 0) is 73.5 Å². The lowest BCUT2D eigenvalue weighted by Gasteiger charge is -2.34. The molecule has 0 saturated carbocycles. The number of rotatable bonds is 6. The van der Waals surface area contributed by atoms with Crippen molar-refractivity contribution in [2.75, 3.05) is 36.0 Å². The Bertz CT molecular complexity index is 2450. The first-order valence-corrected chi connectivity index (χ1v) is 20.2. The molecule has 0 unspecified atom stereocenters. The summed E-state index contributed by atoms with van der Waals surface area (Å²) in [6.45, 7) is 2.86. The van der Waals surface area contributed by atoms with E-state index in [1.165, 1.54) is 17.6 Å². The molecular formula is C43H37Cl4F3N6O2. The van der Waals surface area contributed by atoms with Crippen LogP contribution in [0.3, 0.4) is 0 Å². The number of alkyl halides is 3. The molecule has 2 fully saturated rings. The number of carbonyl (C=O) groups excluding carboxylic acids is 2. The highest BCUT2D eigenvalue weighted by molar-refractivity contribution is 6.44. The summed E-state index contributed by atoms with van der Waals surface area (Å²) >= 11 is 24.3. The quantitative estimate of drug-likeness (QED) is 0.173. The van der Waals surface area contributed by atoms with Crippen molar-refractivity contribution >= 4 is 91.4 Å². The maximum Gasteiger partial charge on any atom is 0.418 e. The van der Waals surface area contributed by atoms with Crippen LogP contribution in [0.5, 0.6) is 0 Å². The highest BCUT2D eigenvalue weighted by Crippen LogP contribution is 2.37. The van der Waals surface area contributed by atoms with Crippen LogP contribution in [0.1, 0.15) is 52.0 Å². The number of piperidine rings is 2. The number of nitrogens with one attached hydrogen (secondary N) is 2. The number of amides is 2. The maximum atomic E-state index is 13.3. The molecule has 2 aliphatic heterocycles. The van der Waals surface area contributed by atoms with Gasteiger partial charge in [-0.3, -0.25) is 14.6 Å². The normalized spacial score (nSPS) is 15.2. The van der Waals surface area contributed by atoms with Crippen LogP contribution in [0.4, 0.5) is 24.7 Å². The summed E-state index contributed by atoms with van der Waals surface area (Å²) < 4.78 is 40.0. The first-order valence-electron chi connectivity index (χ1n) is 18.7. The third-order valence-electron chi connectivity index (χ3n) is 10.4. The number of para-hydroxylation sites is 1. The van der Waals surface area contributed by atoms with E-state index in [2.05, 4.69) is 37.6 Å². The lowest BCUT2D eigenvalue weighted by atomic mass is 10.0. The van der Waals surface area contributed by atoms with Crippen molar-refractivity contribution in [3.63, 3.8) is 0 Å². The smallest absolute Gasteiger partial charge is 0.371 e. The molecule has 2 aliphatic rings. The molecule has 2 amide bonds. The van der Waals surface area contributed by atoms with Gasteiger partial charge in [0.1, 0.15) is 5.82 Å². The molecule has 8 rings (SSSR count). The van der Waals surface area contributed by atoms with E-state index in [1.54, 1.807) is 48.5 Å². The van der Waals surface area contributed by atoms with Crippen molar-refractivity contribution < 1.29 is 22.8 Å². The zero-order valence-corrected chi connectivity index (χ0v) is 33.9. The van der Waals surface area contributed by atoms with Gasteiger partial charge >= 0.3 is 6.18 Å². The molecule has 6 aromatic rings. The van der Waals surface area contributed by atoms with E-state index < -0.39 is 11.7 Å². The van der Waals surface area contributed by atoms with E-state index in [-0.39, 0.29) is 34.4 Å². The third kappa shape index (κ3) is 9.23. The summed E-state index contributed by atoms with van der Waals surface area (Å²) in [4.78, 5) is 38.0. The average Bonchev–Trinajstić information content (AvgIpc) is 3.22. The summed E-state index contributed by atoms with van der Waals surface area (Å²) in [5.41, 5.74) is 0.642. The molecule has 8 nitrogen and oxygen atoms in total. The molecule has 0 bridgehead atoms. The topological polar surface area (TPSA) is 90.5 Å². The van der Waals surface area contributed by atoms with Crippen LogP contribution in [-0.2, 0) is 6.18 Å². The predicted octanol–water partition coefficient (Wildman–Crippen LogP) is 10.9. The fourth-order valence-corrected chi connectivity index (χ4v) is 8.18. The van der Waals surface area contributed by atoms with Crippen LogP contribution in [0.15, 0.2) is 103 Å². The standard InChI is InChI=1S/C22H18Cl2F3N3O.C21H19Cl2N3O/c23-17-6-2-4-15(19(17)24)21(31)29-13-8-11-30(12-9-13)18-7-10-28-20-14(18)3-1-5-16(20)22(25,26)27;22-18-7-3-6-17(19(18)23)21(27)25-15-9-12-26(13-10-15)20-16-5-2-1-4-14(16)8-11-24-20/h1-7,10,13H,8-9,11-12H2,(H,29,31);1-8,11,15H,9-10,12-13H2,(H,25,27). The molecular weight excluding hydrogens is 831 g/mol. The van der Waals surface area contributed by atoms with Gasteiger partial charge in [-0.2, -0.15) is 13.2 Å². The van der Waals surface area contributed by atoms with Gasteiger partial charge in [0.25, 0.3) is 11.8 Å². The minimum Gasteiger partial charge on any atom is -0.371 e. The van der Waals surface area contributed by atoms with Crippen LogP contribution in [-0.4, -0.2) is 60.0 Å². The van der Waals surface area contributed by atoms with Crippen molar-refractivity contribution in [1.29, 1.82) is 0 Å². The second-order valence-electron chi connectivity index (χ2n) is 14.1. The van der Waals surface area contributed by atoms with E-state index in [9.17, 15) is 22.8 Å². The number of halogens is 7. The number of hydrogen-bond donors (Lipinski definition) is 2. The highest BCUT2D eigenvalue weighted by atomic mass is 35.5. The van der Waals surface area contributed by atoms with Gasteiger partial charge in [0.05, 0.1) is 42.3 Å². The Morgan fingerprint density at radius 3 is 1.71 bits per heavy atom. The lowest BCUT2D eigenvalue weighted by molar-refractivity contribution is -0.136. The number of anilines is 2. The molecule has 0 aliphatic carbocycles. The zero-order valence-electron chi connectivity index (χ0n) is 30.9. The Morgan fingerprint density at radius 1 is 0.603 bits per heavy atom. The molecule has 2 aromatic heterocycles. The predicted molar refractivity (Wildman–Crippen MR) is 227 cm³/mol. The average molecular weight is 869 g/mol. The van der Waals surface area contributed by atoms with Gasteiger partial charge < -0.3 is 20.4 Å². The lowest BCUT2D eigenvalue weighted by Crippen LogP contribution is -2.45. The SMILES string of the molecule is O=C(NC1CCN(c2ccnc3c(C(F)(F)F)cccc23)CC1)c1cccc(Cl)c1Cl.O=C(NC1CCN(c2nccc3ccccc23)CC1)c1cccc(Cl)c1Cl. The molecule has 58 heavy (non-hydrogen) atoms. The van der Waals surface area contributed by atoms with Crippen LogP contribution in [0, 0.1) is 0 Å². The van der Waals surface area contributed by atoms with Crippen molar-refractivity contribution in [2.45, 2.75) is 43.9 Å². The number of pyridine rings is 2. The van der Waals surface area contributed by atoms with Crippen molar-refractivity contribution in [3.05, 3.63) is 140 Å². The zero-order chi connectivity index (χ0) is 41.0. The summed E-state index contributed by atoms with van der Waals surface area (Å²) in [5, 5.41) is 10.1. The Morgan fingerprint density at radius 2 is 1.12 bits per heavy atom. The van der Waals surface area contributed by atoms with E-state index in [0.717, 1.165) is 43.2 Å². The van der Waals surface area contributed by atoms with Crippen LogP contribution < -0.4 is 20.4 Å². The maximum absolute atomic E-state index is 13.3. The number of hydrogen-bond acceptors (Lipinski definition) is 6. The molecule has 15 heteroatoms. The largest absolute Gasteiger partial charge is 0.418 e. The fraction of sp³-hybridized carbons (Fsp3) is 0.256. The number of carbonyl (C=O) groups is 2. The Balaban J connectivity index is 0.000000178. The van der Waals surface area contributed by atoms with E-state index in [4.69, 9.17) is 46.4 Å². The first-order chi connectivity index (χ1) is 27.9. The fourth-order valence-electron chi connectivity index (χ4n) is 7.41. The number of fused-ring (bicyclic) bond motifs is 2. The summed E-state index contributed by atoms with van der Waals surface area (Å²) in [6, 6.07) is 26.2. The van der Waals surface area contributed by atoms with Gasteiger partial charge in [0.2, 0.25) is 0 Å². The Hall–Kier alpha value is -4.81. The number of nitrogens with zero attached hydrogens (tertiary/aromatic N) is 4. The van der Waals surface area contributed by atoms with Crippen molar-refractivity contribution in [1.82, 2.24) is 20.6 Å². The van der Waals surface area contributed by atoms with Gasteiger partial charge in [-0.15, -0.1) is 0 Å². The second-order valence-corrected chi connectivity index (χ2v) is 15.6. The molecule has 0 spiro atoms. The number of aromatic nitrogens is 2. The van der Waals surface area contributed by atoms with Crippen LogP contribution in [0.2, 0.25) is 20.1 Å². The summed E-state index contributed by atoms with van der Waals surface area (Å²) in [6.07, 6.45) is 1.79. The summed E-state index contributed by atoms with van der Waals surface area (Å²) in [5.74, 6) is 0.537. The second kappa shape index (κ2) is 18.0. The van der Waals surface area contributed by atoms with Crippen LogP contribution in [0.25, 0.3) is 21.7 Å². The van der Waals surface area contributed by atoms with Crippen molar-refractivity contribution in [3.8, 4) is 0 Å². The molecule has 4 aromatic carbocycles. The Labute approximate surface area is 353 Å². The minimum atomic E-state index is -4.47. The third-order valence-corrected chi connectivity index (χ3v) is 12.0. The molecule has 2 saturated heterocycles. The van der Waals surface area contributed by atoms with E-state index in [0.29, 0.717) is 63.2 Å².